The number of imide groups is 2. The Bertz CT molecular complexity index is 1050. The van der Waals surface area contributed by atoms with Crippen molar-refractivity contribution >= 4 is 79.7 Å². The van der Waals surface area contributed by atoms with Crippen LogP contribution in [0.3, 0.4) is 0 Å². The van der Waals surface area contributed by atoms with Gasteiger partial charge in [0, 0.05) is 5.02 Å². The van der Waals surface area contributed by atoms with Crippen molar-refractivity contribution in [2.75, 3.05) is 11.5 Å². The summed E-state index contributed by atoms with van der Waals surface area (Å²) in [5.74, 6) is -0.797. The van der Waals surface area contributed by atoms with E-state index < -0.39 is 17.8 Å². The van der Waals surface area contributed by atoms with E-state index in [1.807, 2.05) is 13.8 Å². The lowest BCUT2D eigenvalue weighted by atomic mass is 10.1. The Labute approximate surface area is 194 Å². The molecule has 2 aromatic carbocycles. The van der Waals surface area contributed by atoms with Gasteiger partial charge in [-0.25, -0.2) is 9.69 Å². The highest BCUT2D eigenvalue weighted by Crippen LogP contribution is 2.33. The van der Waals surface area contributed by atoms with E-state index in [0.29, 0.717) is 27.4 Å². The maximum absolute atomic E-state index is 13.0. The van der Waals surface area contributed by atoms with Crippen molar-refractivity contribution in [2.24, 2.45) is 0 Å². The lowest BCUT2D eigenvalue weighted by Crippen LogP contribution is -2.54. The zero-order chi connectivity index (χ0) is 21.3. The second-order valence-electron chi connectivity index (χ2n) is 6.14. The highest BCUT2D eigenvalue weighted by molar-refractivity contribution is 14.1. The minimum Gasteiger partial charge on any atom is -0.492 e. The van der Waals surface area contributed by atoms with E-state index in [0.717, 1.165) is 14.0 Å². The number of ether oxygens (including phenoxy) is 1. The van der Waals surface area contributed by atoms with Crippen molar-refractivity contribution in [2.45, 2.75) is 13.8 Å². The van der Waals surface area contributed by atoms with Crippen LogP contribution in [0, 0.1) is 10.5 Å². The number of barbiturate groups is 1. The topological polar surface area (TPSA) is 75.7 Å². The van der Waals surface area contributed by atoms with E-state index in [-0.39, 0.29) is 11.3 Å². The smallest absolute Gasteiger partial charge is 0.335 e. The first-order valence-corrected chi connectivity index (χ1v) is 10.8. The number of rotatable bonds is 4. The Hall–Kier alpha value is -1.91. The fourth-order valence-electron chi connectivity index (χ4n) is 2.72. The van der Waals surface area contributed by atoms with Gasteiger partial charge in [0.2, 0.25) is 0 Å². The van der Waals surface area contributed by atoms with Gasteiger partial charge in [-0.05, 0) is 93.8 Å². The molecule has 4 amide bonds. The quantitative estimate of drug-likeness (QED) is 0.307. The van der Waals surface area contributed by atoms with Gasteiger partial charge in [-0.15, -0.1) is 0 Å². The van der Waals surface area contributed by atoms with Crippen LogP contribution in [0.5, 0.6) is 5.75 Å². The minimum absolute atomic E-state index is 0.159. The van der Waals surface area contributed by atoms with Crippen molar-refractivity contribution in [3.05, 3.63) is 60.1 Å². The van der Waals surface area contributed by atoms with Gasteiger partial charge in [-0.3, -0.25) is 14.9 Å². The Morgan fingerprint density at radius 1 is 1.24 bits per heavy atom. The van der Waals surface area contributed by atoms with Crippen LogP contribution < -0.4 is 15.0 Å². The number of nitrogens with zero attached hydrogens (tertiary/aromatic N) is 1. The van der Waals surface area contributed by atoms with Gasteiger partial charge in [0.05, 0.1) is 20.3 Å². The normalized spacial score (nSPS) is 15.7. The number of hydrogen-bond donors (Lipinski definition) is 1. The Morgan fingerprint density at radius 3 is 2.59 bits per heavy atom. The number of carbonyl (C=O) groups is 3. The molecular weight excluding hydrogens is 574 g/mol. The van der Waals surface area contributed by atoms with Crippen LogP contribution in [0.25, 0.3) is 6.08 Å². The molecule has 1 saturated heterocycles. The number of anilines is 1. The van der Waals surface area contributed by atoms with E-state index in [1.165, 1.54) is 12.1 Å². The van der Waals surface area contributed by atoms with Gasteiger partial charge in [-0.2, -0.15) is 0 Å². The summed E-state index contributed by atoms with van der Waals surface area (Å²) in [5, 5.41) is 2.61. The number of nitrogens with one attached hydrogen (secondary N) is 1. The molecule has 150 valence electrons. The van der Waals surface area contributed by atoms with Crippen LogP contribution in [0.2, 0.25) is 5.02 Å². The van der Waals surface area contributed by atoms with E-state index in [1.54, 1.807) is 24.3 Å². The standard InChI is InChI=1S/C20H15BrClIN2O4/c1-3-29-17-14(21)7-11(8-16(17)23)6-13-18(26)24-20(28)25(19(13)27)12-5-4-10(2)15(22)9-12/h4-9H,3H2,1-2H3,(H,24,26,28)/b13-6-. The zero-order valence-electron chi connectivity index (χ0n) is 15.4. The van der Waals surface area contributed by atoms with E-state index >= 15 is 0 Å². The summed E-state index contributed by atoms with van der Waals surface area (Å²) in [6.45, 7) is 4.20. The van der Waals surface area contributed by atoms with Gasteiger partial charge < -0.3 is 4.74 Å². The number of hydrogen-bond acceptors (Lipinski definition) is 4. The van der Waals surface area contributed by atoms with Gasteiger partial charge in [-0.1, -0.05) is 17.7 Å². The van der Waals surface area contributed by atoms with E-state index in [2.05, 4.69) is 43.8 Å². The van der Waals surface area contributed by atoms with Gasteiger partial charge in [0.1, 0.15) is 11.3 Å². The van der Waals surface area contributed by atoms with Crippen molar-refractivity contribution in [3.63, 3.8) is 0 Å². The molecule has 0 unspecified atom stereocenters. The molecule has 1 heterocycles. The average molecular weight is 590 g/mol. The fourth-order valence-corrected chi connectivity index (χ4v) is 4.67. The molecule has 29 heavy (non-hydrogen) atoms. The third-order valence-corrected chi connectivity index (χ3v) is 5.93. The average Bonchev–Trinajstić information content (AvgIpc) is 2.64. The SMILES string of the molecule is CCOc1c(Br)cc(/C=C2/C(=O)NC(=O)N(c3ccc(C)c(Cl)c3)C2=O)cc1I. The Balaban J connectivity index is 2.02. The second kappa shape index (κ2) is 8.85. The molecule has 0 aromatic heterocycles. The molecule has 0 spiro atoms. The summed E-state index contributed by atoms with van der Waals surface area (Å²) >= 11 is 11.7. The molecule has 1 aliphatic rings. The lowest BCUT2D eigenvalue weighted by molar-refractivity contribution is -0.122. The van der Waals surface area contributed by atoms with Crippen LogP contribution in [0.1, 0.15) is 18.1 Å². The maximum Gasteiger partial charge on any atom is 0.335 e. The molecule has 1 fully saturated rings. The highest BCUT2D eigenvalue weighted by Gasteiger charge is 2.37. The highest BCUT2D eigenvalue weighted by atomic mass is 127. The zero-order valence-corrected chi connectivity index (χ0v) is 19.9. The molecule has 9 heteroatoms. The second-order valence-corrected chi connectivity index (χ2v) is 8.56. The molecular formula is C20H15BrClIN2O4. The summed E-state index contributed by atoms with van der Waals surface area (Å²) in [6.07, 6.45) is 1.44. The minimum atomic E-state index is -0.820. The summed E-state index contributed by atoms with van der Waals surface area (Å²) in [7, 11) is 0. The molecule has 1 N–H and O–H groups in total. The largest absolute Gasteiger partial charge is 0.492 e. The molecule has 2 aromatic rings. The van der Waals surface area contributed by atoms with Crippen molar-refractivity contribution in [3.8, 4) is 5.75 Å². The van der Waals surface area contributed by atoms with Gasteiger partial charge in [0.15, 0.2) is 0 Å². The van der Waals surface area contributed by atoms with Crippen LogP contribution in [-0.4, -0.2) is 24.5 Å². The van der Waals surface area contributed by atoms with E-state index in [9.17, 15) is 14.4 Å². The number of aryl methyl sites for hydroxylation is 1. The molecule has 0 aliphatic carbocycles. The van der Waals surface area contributed by atoms with Gasteiger partial charge in [0.25, 0.3) is 11.8 Å². The van der Waals surface area contributed by atoms with Crippen LogP contribution >= 0.6 is 50.1 Å². The number of halogens is 3. The Kier molecular flexibility index (Phi) is 6.65. The molecule has 1 aliphatic heterocycles. The first-order valence-electron chi connectivity index (χ1n) is 8.52. The first-order chi connectivity index (χ1) is 13.7. The van der Waals surface area contributed by atoms with Crippen molar-refractivity contribution in [1.29, 1.82) is 0 Å². The molecule has 0 atom stereocenters. The first kappa shape index (κ1) is 21.8. The molecule has 3 rings (SSSR count). The molecule has 6 nitrogen and oxygen atoms in total. The predicted octanol–water partition coefficient (Wildman–Crippen LogP) is 5.08. The molecule has 0 saturated carbocycles. The Morgan fingerprint density at radius 2 is 1.97 bits per heavy atom. The number of urea groups is 1. The summed E-state index contributed by atoms with van der Waals surface area (Å²) in [4.78, 5) is 38.5. The van der Waals surface area contributed by atoms with E-state index in [4.69, 9.17) is 16.3 Å². The van der Waals surface area contributed by atoms with Crippen LogP contribution in [-0.2, 0) is 9.59 Å². The third kappa shape index (κ3) is 4.49. The molecule has 0 radical (unpaired) electrons. The predicted molar refractivity (Wildman–Crippen MR) is 123 cm³/mol. The van der Waals surface area contributed by atoms with Crippen LogP contribution in [0.15, 0.2) is 40.4 Å². The summed E-state index contributed by atoms with van der Waals surface area (Å²) in [5.41, 5.74) is 1.54. The number of carbonyl (C=O) groups excluding carboxylic acids is 3. The van der Waals surface area contributed by atoms with Crippen molar-refractivity contribution in [1.82, 2.24) is 5.32 Å². The van der Waals surface area contributed by atoms with Gasteiger partial charge >= 0.3 is 6.03 Å². The molecule has 0 bridgehead atoms. The number of amides is 4. The summed E-state index contributed by atoms with van der Waals surface area (Å²) < 4.78 is 7.08. The maximum atomic E-state index is 13.0. The lowest BCUT2D eigenvalue weighted by Gasteiger charge is -2.26. The third-order valence-electron chi connectivity index (χ3n) is 4.14. The van der Waals surface area contributed by atoms with Crippen LogP contribution in [0.4, 0.5) is 10.5 Å². The number of benzene rings is 2. The monoisotopic (exact) mass is 588 g/mol. The van der Waals surface area contributed by atoms with Crippen molar-refractivity contribution < 1.29 is 19.1 Å². The summed E-state index contributed by atoms with van der Waals surface area (Å²) in [6, 6.07) is 7.52. The fraction of sp³-hybridized carbons (Fsp3) is 0.150.